The first kappa shape index (κ1) is 16.3. The summed E-state index contributed by atoms with van der Waals surface area (Å²) in [5.41, 5.74) is 2.78. The van der Waals surface area contributed by atoms with E-state index in [4.69, 9.17) is 16.3 Å². The van der Waals surface area contributed by atoms with Crippen molar-refractivity contribution in [3.8, 4) is 5.75 Å². The summed E-state index contributed by atoms with van der Waals surface area (Å²) >= 11 is 5.84. The number of fused-ring (bicyclic) bond motifs is 1. The minimum absolute atomic E-state index is 0.267. The van der Waals surface area contributed by atoms with Crippen LogP contribution in [0.1, 0.15) is 30.0 Å². The van der Waals surface area contributed by atoms with E-state index >= 15 is 0 Å². The number of aliphatic hydroxyl groups is 1. The van der Waals surface area contributed by atoms with Crippen molar-refractivity contribution in [2.45, 2.75) is 31.4 Å². The Kier molecular flexibility index (Phi) is 5.55. The van der Waals surface area contributed by atoms with Crippen LogP contribution in [0.3, 0.4) is 0 Å². The fraction of sp³-hybridized carbons (Fsp3) is 0.368. The van der Waals surface area contributed by atoms with Crippen LogP contribution in [0.5, 0.6) is 5.75 Å². The minimum Gasteiger partial charge on any atom is -0.491 e. The Balaban J connectivity index is 1.48. The lowest BCUT2D eigenvalue weighted by Crippen LogP contribution is -2.35. The SMILES string of the molecule is OC(CNC1CCCc2ccccc21)COc1ccc(Cl)cc1. The molecule has 0 aliphatic heterocycles. The molecule has 0 radical (unpaired) electrons. The summed E-state index contributed by atoms with van der Waals surface area (Å²) in [4.78, 5) is 0. The molecule has 1 aliphatic rings. The van der Waals surface area contributed by atoms with Crippen LogP contribution < -0.4 is 10.1 Å². The maximum Gasteiger partial charge on any atom is 0.119 e. The maximum absolute atomic E-state index is 10.1. The zero-order valence-electron chi connectivity index (χ0n) is 13.0. The Hall–Kier alpha value is -1.55. The molecular formula is C19H22ClNO2. The molecule has 2 N–H and O–H groups in total. The Morgan fingerprint density at radius 2 is 1.96 bits per heavy atom. The molecule has 0 fully saturated rings. The van der Waals surface area contributed by atoms with Gasteiger partial charge in [-0.2, -0.15) is 0 Å². The number of aryl methyl sites for hydroxylation is 1. The predicted octanol–water partition coefficient (Wildman–Crippen LogP) is 3.75. The van der Waals surface area contributed by atoms with E-state index in [1.165, 1.54) is 17.5 Å². The molecule has 2 unspecified atom stereocenters. The summed E-state index contributed by atoms with van der Waals surface area (Å²) in [6.07, 6.45) is 2.91. The van der Waals surface area contributed by atoms with Crippen LogP contribution in [-0.2, 0) is 6.42 Å². The molecule has 0 saturated carbocycles. The van der Waals surface area contributed by atoms with Gasteiger partial charge >= 0.3 is 0 Å². The zero-order valence-corrected chi connectivity index (χ0v) is 13.8. The van der Waals surface area contributed by atoms with Crippen LogP contribution >= 0.6 is 11.6 Å². The zero-order chi connectivity index (χ0) is 16.1. The first-order valence-corrected chi connectivity index (χ1v) is 8.48. The van der Waals surface area contributed by atoms with Gasteiger partial charge in [0, 0.05) is 17.6 Å². The van der Waals surface area contributed by atoms with Gasteiger partial charge in [-0.1, -0.05) is 35.9 Å². The number of halogens is 1. The number of benzene rings is 2. The van der Waals surface area contributed by atoms with E-state index in [0.29, 0.717) is 17.6 Å². The van der Waals surface area contributed by atoms with Crippen LogP contribution in [0, 0.1) is 0 Å². The summed E-state index contributed by atoms with van der Waals surface area (Å²) in [6, 6.07) is 16.0. The van der Waals surface area contributed by atoms with Crippen LogP contribution in [-0.4, -0.2) is 24.4 Å². The Bertz CT molecular complexity index is 630. The molecule has 3 nitrogen and oxygen atoms in total. The Morgan fingerprint density at radius 3 is 2.78 bits per heavy atom. The molecule has 23 heavy (non-hydrogen) atoms. The van der Waals surface area contributed by atoms with E-state index in [-0.39, 0.29) is 6.61 Å². The lowest BCUT2D eigenvalue weighted by molar-refractivity contribution is 0.103. The lowest BCUT2D eigenvalue weighted by atomic mass is 9.88. The van der Waals surface area contributed by atoms with E-state index in [2.05, 4.69) is 29.6 Å². The minimum atomic E-state index is -0.542. The molecule has 4 heteroatoms. The highest BCUT2D eigenvalue weighted by Gasteiger charge is 2.20. The number of nitrogens with one attached hydrogen (secondary N) is 1. The number of aliphatic hydroxyl groups excluding tert-OH is 1. The molecule has 1 aliphatic carbocycles. The van der Waals surface area contributed by atoms with Crippen molar-refractivity contribution in [2.75, 3.05) is 13.2 Å². The van der Waals surface area contributed by atoms with Crippen molar-refractivity contribution < 1.29 is 9.84 Å². The molecular weight excluding hydrogens is 310 g/mol. The molecule has 0 amide bonds. The van der Waals surface area contributed by atoms with Gasteiger partial charge in [0.05, 0.1) is 0 Å². The van der Waals surface area contributed by atoms with Gasteiger partial charge in [-0.3, -0.25) is 0 Å². The first-order valence-electron chi connectivity index (χ1n) is 8.10. The van der Waals surface area contributed by atoms with Crippen molar-refractivity contribution in [2.24, 2.45) is 0 Å². The number of hydrogen-bond donors (Lipinski definition) is 2. The van der Waals surface area contributed by atoms with E-state index < -0.39 is 6.10 Å². The third kappa shape index (κ3) is 4.47. The molecule has 3 rings (SSSR count). The van der Waals surface area contributed by atoms with Gasteiger partial charge in [0.25, 0.3) is 0 Å². The smallest absolute Gasteiger partial charge is 0.119 e. The average molecular weight is 332 g/mol. The molecule has 0 bridgehead atoms. The summed E-state index contributed by atoms with van der Waals surface area (Å²) in [5.74, 6) is 0.719. The van der Waals surface area contributed by atoms with Crippen molar-refractivity contribution >= 4 is 11.6 Å². The van der Waals surface area contributed by atoms with Crippen LogP contribution in [0.4, 0.5) is 0 Å². The largest absolute Gasteiger partial charge is 0.491 e. The second kappa shape index (κ2) is 7.82. The number of ether oxygens (including phenoxy) is 1. The van der Waals surface area contributed by atoms with Gasteiger partial charge in [0.2, 0.25) is 0 Å². The van der Waals surface area contributed by atoms with E-state index in [0.717, 1.165) is 18.6 Å². The second-order valence-corrected chi connectivity index (χ2v) is 6.41. The molecule has 2 aromatic carbocycles. The third-order valence-electron chi connectivity index (χ3n) is 4.23. The Morgan fingerprint density at radius 1 is 1.17 bits per heavy atom. The Labute approximate surface area is 142 Å². The van der Waals surface area contributed by atoms with E-state index in [9.17, 15) is 5.11 Å². The molecule has 0 spiro atoms. The summed E-state index contributed by atoms with van der Waals surface area (Å²) in [6.45, 7) is 0.787. The molecule has 0 aromatic heterocycles. The highest BCUT2D eigenvalue weighted by atomic mass is 35.5. The average Bonchev–Trinajstić information content (AvgIpc) is 2.59. The van der Waals surface area contributed by atoms with Gasteiger partial charge in [0.1, 0.15) is 18.5 Å². The van der Waals surface area contributed by atoms with Crippen LogP contribution in [0.2, 0.25) is 5.02 Å². The predicted molar refractivity (Wildman–Crippen MR) is 93.1 cm³/mol. The van der Waals surface area contributed by atoms with Gasteiger partial charge < -0.3 is 15.2 Å². The molecule has 0 saturated heterocycles. The van der Waals surface area contributed by atoms with Gasteiger partial charge in [-0.15, -0.1) is 0 Å². The first-order chi connectivity index (χ1) is 11.2. The van der Waals surface area contributed by atoms with Crippen molar-refractivity contribution in [1.29, 1.82) is 0 Å². The standard InChI is InChI=1S/C19H22ClNO2/c20-15-8-10-17(11-9-15)23-13-16(22)12-21-19-7-3-5-14-4-1-2-6-18(14)19/h1-2,4,6,8-11,16,19,21-22H,3,5,7,12-13H2. The molecule has 122 valence electrons. The van der Waals surface area contributed by atoms with Gasteiger partial charge in [-0.25, -0.2) is 0 Å². The number of hydrogen-bond acceptors (Lipinski definition) is 3. The van der Waals surface area contributed by atoms with E-state index in [1.54, 1.807) is 24.3 Å². The quantitative estimate of drug-likeness (QED) is 0.847. The van der Waals surface area contributed by atoms with Crippen molar-refractivity contribution in [3.63, 3.8) is 0 Å². The summed E-state index contributed by atoms with van der Waals surface area (Å²) in [7, 11) is 0. The lowest BCUT2D eigenvalue weighted by Gasteiger charge is -2.27. The van der Waals surface area contributed by atoms with Crippen molar-refractivity contribution in [3.05, 3.63) is 64.7 Å². The topological polar surface area (TPSA) is 41.5 Å². The van der Waals surface area contributed by atoms with E-state index in [1.807, 2.05) is 0 Å². The molecule has 0 heterocycles. The molecule has 2 aromatic rings. The maximum atomic E-state index is 10.1. The van der Waals surface area contributed by atoms with Crippen molar-refractivity contribution in [1.82, 2.24) is 5.32 Å². The van der Waals surface area contributed by atoms with Gasteiger partial charge in [-0.05, 0) is 54.7 Å². The number of rotatable bonds is 6. The van der Waals surface area contributed by atoms with Crippen LogP contribution in [0.25, 0.3) is 0 Å². The monoisotopic (exact) mass is 331 g/mol. The highest BCUT2D eigenvalue weighted by Crippen LogP contribution is 2.29. The summed E-state index contributed by atoms with van der Waals surface area (Å²) in [5, 5.41) is 14.3. The summed E-state index contributed by atoms with van der Waals surface area (Å²) < 4.78 is 5.58. The molecule has 2 atom stereocenters. The second-order valence-electron chi connectivity index (χ2n) is 5.97. The fourth-order valence-electron chi connectivity index (χ4n) is 3.03. The van der Waals surface area contributed by atoms with Gasteiger partial charge in [0.15, 0.2) is 0 Å². The van der Waals surface area contributed by atoms with Crippen LogP contribution in [0.15, 0.2) is 48.5 Å². The fourth-order valence-corrected chi connectivity index (χ4v) is 3.15. The highest BCUT2D eigenvalue weighted by molar-refractivity contribution is 6.30. The normalized spacial score (nSPS) is 18.3. The third-order valence-corrected chi connectivity index (χ3v) is 4.48.